The Morgan fingerprint density at radius 3 is 2.40 bits per heavy atom. The van der Waals surface area contributed by atoms with Gasteiger partial charge in [0, 0.05) is 21.2 Å². The first kappa shape index (κ1) is 16.2. The predicted octanol–water partition coefficient (Wildman–Crippen LogP) is 2.23. The molecule has 1 aliphatic rings. The number of aliphatic hydroxyl groups is 1. The molecule has 8 heteroatoms. The number of anilines is 1. The number of nitrogens with two attached hydrogens (primary N) is 1. The summed E-state index contributed by atoms with van der Waals surface area (Å²) in [5, 5.41) is 9.46. The van der Waals surface area contributed by atoms with E-state index >= 15 is 0 Å². The molecule has 1 aromatic rings. The van der Waals surface area contributed by atoms with Crippen molar-refractivity contribution in [2.75, 3.05) is 12.3 Å². The summed E-state index contributed by atoms with van der Waals surface area (Å²) in [6, 6.07) is 3.11. The van der Waals surface area contributed by atoms with Crippen LogP contribution in [-0.4, -0.2) is 26.2 Å². The molecule has 20 heavy (non-hydrogen) atoms. The number of aliphatic hydroxyl groups excluding tert-OH is 1. The zero-order valence-corrected chi connectivity index (χ0v) is 14.6. The topological polar surface area (TPSA) is 92.4 Å². The van der Waals surface area contributed by atoms with E-state index in [1.807, 2.05) is 0 Å². The molecule has 1 fully saturated rings. The zero-order chi connectivity index (χ0) is 14.9. The Labute approximate surface area is 135 Å². The summed E-state index contributed by atoms with van der Waals surface area (Å²) < 4.78 is 28.1. The highest BCUT2D eigenvalue weighted by molar-refractivity contribution is 9.11. The van der Waals surface area contributed by atoms with Crippen LogP contribution >= 0.6 is 31.9 Å². The van der Waals surface area contributed by atoms with Gasteiger partial charge in [-0.25, -0.2) is 13.1 Å². The van der Waals surface area contributed by atoms with E-state index in [-0.39, 0.29) is 16.9 Å². The number of nitrogens with one attached hydrogen (secondary N) is 1. The number of hydrogen-bond acceptors (Lipinski definition) is 4. The first-order valence-corrected chi connectivity index (χ1v) is 9.29. The second-order valence-corrected chi connectivity index (χ2v) is 8.41. The maximum atomic E-state index is 12.3. The van der Waals surface area contributed by atoms with Crippen LogP contribution in [0.5, 0.6) is 0 Å². The van der Waals surface area contributed by atoms with Gasteiger partial charge in [0.2, 0.25) is 10.0 Å². The normalized spacial score (nSPS) is 23.1. The van der Waals surface area contributed by atoms with Crippen LogP contribution in [0.2, 0.25) is 0 Å². The molecule has 1 aliphatic carbocycles. The van der Waals surface area contributed by atoms with Crippen LogP contribution in [0, 0.1) is 5.92 Å². The third kappa shape index (κ3) is 3.73. The lowest BCUT2D eigenvalue weighted by molar-refractivity contribution is 0.178. The van der Waals surface area contributed by atoms with Crippen LogP contribution in [0.15, 0.2) is 26.0 Å². The van der Waals surface area contributed by atoms with Crippen molar-refractivity contribution in [1.29, 1.82) is 0 Å². The van der Waals surface area contributed by atoms with Crippen molar-refractivity contribution < 1.29 is 13.5 Å². The van der Waals surface area contributed by atoms with Crippen LogP contribution in [0.25, 0.3) is 0 Å². The minimum atomic E-state index is -3.62. The lowest BCUT2D eigenvalue weighted by Crippen LogP contribution is -2.29. The van der Waals surface area contributed by atoms with Crippen LogP contribution in [-0.2, 0) is 10.0 Å². The standard InChI is InChI=1S/C12H16Br2N2O3S/c13-10-4-8(15)5-11(14)12(10)20(18,19)16-6-7-1-2-9(17)3-7/h4-5,7,9,16-17H,1-3,6,15H2. The number of benzene rings is 1. The number of rotatable bonds is 4. The highest BCUT2D eigenvalue weighted by Crippen LogP contribution is 2.32. The first-order valence-electron chi connectivity index (χ1n) is 6.22. The molecule has 1 aromatic carbocycles. The van der Waals surface area contributed by atoms with Gasteiger partial charge in [-0.3, -0.25) is 0 Å². The molecule has 0 aromatic heterocycles. The molecule has 0 heterocycles. The summed E-state index contributed by atoms with van der Waals surface area (Å²) >= 11 is 6.46. The van der Waals surface area contributed by atoms with Gasteiger partial charge in [0.15, 0.2) is 0 Å². The maximum absolute atomic E-state index is 12.3. The summed E-state index contributed by atoms with van der Waals surface area (Å²) in [6.45, 7) is 0.336. The van der Waals surface area contributed by atoms with Gasteiger partial charge in [-0.2, -0.15) is 0 Å². The molecule has 0 amide bonds. The van der Waals surface area contributed by atoms with Crippen LogP contribution in [0.3, 0.4) is 0 Å². The minimum Gasteiger partial charge on any atom is -0.399 e. The lowest BCUT2D eigenvalue weighted by atomic mass is 10.1. The summed E-state index contributed by atoms with van der Waals surface area (Å²) in [4.78, 5) is 0.144. The molecule has 0 radical (unpaired) electrons. The second kappa shape index (κ2) is 6.31. The van der Waals surface area contributed by atoms with E-state index < -0.39 is 10.0 Å². The fourth-order valence-electron chi connectivity index (χ4n) is 2.37. The molecular formula is C12H16Br2N2O3S. The van der Waals surface area contributed by atoms with Crippen molar-refractivity contribution in [3.05, 3.63) is 21.1 Å². The maximum Gasteiger partial charge on any atom is 0.242 e. The first-order chi connectivity index (χ1) is 9.29. The Kier molecular flexibility index (Phi) is 5.12. The predicted molar refractivity (Wildman–Crippen MR) is 84.8 cm³/mol. The van der Waals surface area contributed by atoms with Gasteiger partial charge >= 0.3 is 0 Å². The SMILES string of the molecule is Nc1cc(Br)c(S(=O)(=O)NCC2CCC(O)C2)c(Br)c1. The lowest BCUT2D eigenvalue weighted by Gasteiger charge is -2.14. The Balaban J connectivity index is 2.15. The summed E-state index contributed by atoms with van der Waals surface area (Å²) in [7, 11) is -3.62. The van der Waals surface area contributed by atoms with Crippen LogP contribution < -0.4 is 10.5 Å². The van der Waals surface area contributed by atoms with Gasteiger partial charge in [0.1, 0.15) is 4.90 Å². The molecule has 5 nitrogen and oxygen atoms in total. The summed E-state index contributed by atoms with van der Waals surface area (Å²) in [5.41, 5.74) is 6.13. The Hall–Kier alpha value is -0.150. The highest BCUT2D eigenvalue weighted by atomic mass is 79.9. The third-order valence-corrected chi connectivity index (χ3v) is 6.66. The average molecular weight is 428 g/mol. The van der Waals surface area contributed by atoms with Gasteiger partial charge in [-0.05, 0) is 69.2 Å². The summed E-state index contributed by atoms with van der Waals surface area (Å²) in [6.07, 6.45) is 1.92. The Morgan fingerprint density at radius 2 is 1.90 bits per heavy atom. The molecule has 0 aliphatic heterocycles. The molecule has 0 spiro atoms. The van der Waals surface area contributed by atoms with Crippen LogP contribution in [0.1, 0.15) is 19.3 Å². The van der Waals surface area contributed by atoms with Gasteiger partial charge in [-0.15, -0.1) is 0 Å². The number of hydrogen-bond donors (Lipinski definition) is 3. The number of sulfonamides is 1. The van der Waals surface area contributed by atoms with Crippen molar-refractivity contribution in [3.8, 4) is 0 Å². The van der Waals surface area contributed by atoms with E-state index in [0.29, 0.717) is 27.6 Å². The molecule has 2 atom stereocenters. The molecule has 112 valence electrons. The molecule has 0 saturated heterocycles. The third-order valence-electron chi connectivity index (χ3n) is 3.36. The van der Waals surface area contributed by atoms with E-state index in [1.54, 1.807) is 12.1 Å². The second-order valence-electron chi connectivity index (χ2n) is 5.00. The fraction of sp³-hybridized carbons (Fsp3) is 0.500. The van der Waals surface area contributed by atoms with Crippen molar-refractivity contribution in [3.63, 3.8) is 0 Å². The Bertz CT molecular complexity index is 584. The van der Waals surface area contributed by atoms with E-state index in [4.69, 9.17) is 5.73 Å². The molecule has 2 rings (SSSR count). The number of nitrogen functional groups attached to an aromatic ring is 1. The zero-order valence-electron chi connectivity index (χ0n) is 10.6. The van der Waals surface area contributed by atoms with Gasteiger partial charge in [0.05, 0.1) is 6.10 Å². The molecule has 2 unspecified atom stereocenters. The summed E-state index contributed by atoms with van der Waals surface area (Å²) in [5.74, 6) is 0.186. The van der Waals surface area contributed by atoms with Crippen molar-refractivity contribution in [2.45, 2.75) is 30.3 Å². The molecule has 1 saturated carbocycles. The number of halogens is 2. The van der Waals surface area contributed by atoms with Crippen LogP contribution in [0.4, 0.5) is 5.69 Å². The quantitative estimate of drug-likeness (QED) is 0.642. The van der Waals surface area contributed by atoms with E-state index in [0.717, 1.165) is 12.8 Å². The van der Waals surface area contributed by atoms with Crippen molar-refractivity contribution in [2.24, 2.45) is 5.92 Å². The highest BCUT2D eigenvalue weighted by Gasteiger charge is 2.26. The monoisotopic (exact) mass is 426 g/mol. The molecule has 0 bridgehead atoms. The molecular weight excluding hydrogens is 412 g/mol. The van der Waals surface area contributed by atoms with Gasteiger partial charge < -0.3 is 10.8 Å². The largest absolute Gasteiger partial charge is 0.399 e. The van der Waals surface area contributed by atoms with Gasteiger partial charge in [0.25, 0.3) is 0 Å². The van der Waals surface area contributed by atoms with E-state index in [2.05, 4.69) is 36.6 Å². The van der Waals surface area contributed by atoms with E-state index in [9.17, 15) is 13.5 Å². The van der Waals surface area contributed by atoms with E-state index in [1.165, 1.54) is 0 Å². The smallest absolute Gasteiger partial charge is 0.242 e. The van der Waals surface area contributed by atoms with Crippen molar-refractivity contribution >= 4 is 47.6 Å². The average Bonchev–Trinajstić information content (AvgIpc) is 2.71. The fourth-order valence-corrected chi connectivity index (χ4v) is 6.10. The van der Waals surface area contributed by atoms with Gasteiger partial charge in [-0.1, -0.05) is 0 Å². The molecule has 4 N–H and O–H groups in total. The minimum absolute atomic E-state index is 0.144. The Morgan fingerprint density at radius 1 is 1.30 bits per heavy atom. The van der Waals surface area contributed by atoms with Crippen molar-refractivity contribution in [1.82, 2.24) is 4.72 Å².